The Labute approximate surface area is 114 Å². The van der Waals surface area contributed by atoms with Crippen LogP contribution < -0.4 is 4.90 Å². The maximum atomic E-state index is 11.9. The number of nitro groups is 1. The largest absolute Gasteiger partial charge is 0.478 e. The van der Waals surface area contributed by atoms with Crippen LogP contribution in [0.1, 0.15) is 12.5 Å². The minimum absolute atomic E-state index is 0.0591. The van der Waals surface area contributed by atoms with Crippen LogP contribution in [0.25, 0.3) is 0 Å². The van der Waals surface area contributed by atoms with Crippen LogP contribution in [-0.4, -0.2) is 28.5 Å². The molecule has 7 nitrogen and oxygen atoms in total. The highest BCUT2D eigenvalue weighted by molar-refractivity contribution is 6.02. The fourth-order valence-corrected chi connectivity index (χ4v) is 2.16. The van der Waals surface area contributed by atoms with Gasteiger partial charge in [-0.15, -0.1) is 0 Å². The van der Waals surface area contributed by atoms with E-state index in [9.17, 15) is 19.7 Å². The van der Waals surface area contributed by atoms with Crippen molar-refractivity contribution in [2.24, 2.45) is 0 Å². The summed E-state index contributed by atoms with van der Waals surface area (Å²) in [5, 5.41) is 19.4. The number of amides is 1. The SMILES string of the molecule is CC(=CC(=O)O)CN1C(=O)Cc2cc([N+](=O)[O-])ccc21. The minimum Gasteiger partial charge on any atom is -0.478 e. The molecular formula is C13H12N2O5. The fourth-order valence-electron chi connectivity index (χ4n) is 2.16. The molecule has 104 valence electrons. The zero-order valence-electron chi connectivity index (χ0n) is 10.7. The van der Waals surface area contributed by atoms with Gasteiger partial charge < -0.3 is 10.0 Å². The van der Waals surface area contributed by atoms with Crippen molar-refractivity contribution in [1.82, 2.24) is 0 Å². The van der Waals surface area contributed by atoms with Gasteiger partial charge in [-0.2, -0.15) is 0 Å². The van der Waals surface area contributed by atoms with E-state index in [1.54, 1.807) is 6.92 Å². The third-order valence-corrected chi connectivity index (χ3v) is 2.98. The van der Waals surface area contributed by atoms with E-state index in [1.807, 2.05) is 0 Å². The molecule has 1 aromatic rings. The number of carboxylic acids is 1. The van der Waals surface area contributed by atoms with Crippen LogP contribution in [0.5, 0.6) is 0 Å². The number of anilines is 1. The number of hydrogen-bond donors (Lipinski definition) is 1. The third kappa shape index (κ3) is 2.66. The van der Waals surface area contributed by atoms with E-state index in [4.69, 9.17) is 5.11 Å². The summed E-state index contributed by atoms with van der Waals surface area (Å²) in [5.74, 6) is -1.27. The highest BCUT2D eigenvalue weighted by atomic mass is 16.6. The summed E-state index contributed by atoms with van der Waals surface area (Å²) in [5.41, 5.74) is 1.65. The average molecular weight is 276 g/mol. The lowest BCUT2D eigenvalue weighted by atomic mass is 10.1. The lowest BCUT2D eigenvalue weighted by molar-refractivity contribution is -0.384. The second-order valence-corrected chi connectivity index (χ2v) is 4.56. The summed E-state index contributed by atoms with van der Waals surface area (Å²) in [6.45, 7) is 1.78. The summed E-state index contributed by atoms with van der Waals surface area (Å²) in [4.78, 5) is 34.1. The maximum absolute atomic E-state index is 11.9. The van der Waals surface area contributed by atoms with Crippen LogP contribution in [-0.2, 0) is 16.0 Å². The molecule has 0 spiro atoms. The van der Waals surface area contributed by atoms with Crippen molar-refractivity contribution < 1.29 is 19.6 Å². The standard InChI is InChI=1S/C13H12N2O5/c1-8(4-13(17)18)7-14-11-3-2-10(15(19)20)5-9(11)6-12(14)16/h2-5H,6-7H2,1H3,(H,17,18). The Hall–Kier alpha value is -2.70. The quantitative estimate of drug-likeness (QED) is 0.510. The van der Waals surface area contributed by atoms with Crippen LogP contribution >= 0.6 is 0 Å². The number of nitrogens with zero attached hydrogens (tertiary/aromatic N) is 2. The van der Waals surface area contributed by atoms with Crippen LogP contribution in [0, 0.1) is 10.1 Å². The number of benzene rings is 1. The van der Waals surface area contributed by atoms with Gasteiger partial charge in [0, 0.05) is 30.4 Å². The highest BCUT2D eigenvalue weighted by Gasteiger charge is 2.28. The molecule has 0 unspecified atom stereocenters. The third-order valence-electron chi connectivity index (χ3n) is 2.98. The molecule has 2 rings (SSSR count). The molecule has 1 aromatic carbocycles. The molecule has 7 heteroatoms. The zero-order chi connectivity index (χ0) is 14.9. The number of hydrogen-bond acceptors (Lipinski definition) is 4. The second-order valence-electron chi connectivity index (χ2n) is 4.56. The van der Waals surface area contributed by atoms with Gasteiger partial charge in [0.2, 0.25) is 5.91 Å². The van der Waals surface area contributed by atoms with Crippen molar-refractivity contribution in [3.8, 4) is 0 Å². The van der Waals surface area contributed by atoms with Crippen molar-refractivity contribution in [2.45, 2.75) is 13.3 Å². The van der Waals surface area contributed by atoms with Gasteiger partial charge in [0.15, 0.2) is 0 Å². The maximum Gasteiger partial charge on any atom is 0.328 e. The molecule has 1 heterocycles. The number of non-ortho nitro benzene ring substituents is 1. The normalized spacial score (nSPS) is 14.3. The lowest BCUT2D eigenvalue weighted by Gasteiger charge is -2.17. The molecule has 1 aliphatic heterocycles. The van der Waals surface area contributed by atoms with Gasteiger partial charge in [0.25, 0.3) is 5.69 Å². The number of carbonyl (C=O) groups is 2. The summed E-state index contributed by atoms with van der Waals surface area (Å²) in [7, 11) is 0. The number of nitro benzene ring substituents is 1. The van der Waals surface area contributed by atoms with Crippen LogP contribution in [0.2, 0.25) is 0 Å². The molecule has 0 aliphatic carbocycles. The Morgan fingerprint density at radius 2 is 2.25 bits per heavy atom. The van der Waals surface area contributed by atoms with Gasteiger partial charge in [0.1, 0.15) is 0 Å². The van der Waals surface area contributed by atoms with Gasteiger partial charge in [-0.25, -0.2) is 4.79 Å². The van der Waals surface area contributed by atoms with Gasteiger partial charge in [0.05, 0.1) is 11.3 Å². The van der Waals surface area contributed by atoms with Crippen LogP contribution in [0.15, 0.2) is 29.8 Å². The Balaban J connectivity index is 2.29. The second kappa shape index (κ2) is 5.12. The Bertz CT molecular complexity index is 636. The summed E-state index contributed by atoms with van der Waals surface area (Å²) in [6.07, 6.45) is 1.13. The van der Waals surface area contributed by atoms with E-state index < -0.39 is 10.9 Å². The number of carboxylic acid groups (broad SMARTS) is 1. The van der Waals surface area contributed by atoms with E-state index in [0.29, 0.717) is 16.8 Å². The number of aliphatic carboxylic acids is 1. The Morgan fingerprint density at radius 3 is 2.85 bits per heavy atom. The van der Waals surface area contributed by atoms with E-state index in [2.05, 4.69) is 0 Å². The molecule has 0 radical (unpaired) electrons. The van der Waals surface area contributed by atoms with Crippen molar-refractivity contribution >= 4 is 23.3 Å². The Kier molecular flexibility index (Phi) is 3.51. The smallest absolute Gasteiger partial charge is 0.328 e. The molecule has 0 fully saturated rings. The van der Waals surface area contributed by atoms with Gasteiger partial charge >= 0.3 is 5.97 Å². The summed E-state index contributed by atoms with van der Waals surface area (Å²) >= 11 is 0. The number of rotatable bonds is 4. The van der Waals surface area contributed by atoms with Crippen molar-refractivity contribution in [3.63, 3.8) is 0 Å². The highest BCUT2D eigenvalue weighted by Crippen LogP contribution is 2.32. The van der Waals surface area contributed by atoms with E-state index >= 15 is 0 Å². The lowest BCUT2D eigenvalue weighted by Crippen LogP contribution is -2.28. The molecule has 0 bridgehead atoms. The van der Waals surface area contributed by atoms with Crippen molar-refractivity contribution in [3.05, 3.63) is 45.5 Å². The first-order chi connectivity index (χ1) is 9.38. The molecule has 0 saturated carbocycles. The number of fused-ring (bicyclic) bond motifs is 1. The van der Waals surface area contributed by atoms with Crippen LogP contribution in [0.4, 0.5) is 11.4 Å². The monoisotopic (exact) mass is 276 g/mol. The molecule has 1 amide bonds. The van der Waals surface area contributed by atoms with Crippen LogP contribution in [0.3, 0.4) is 0 Å². The van der Waals surface area contributed by atoms with Crippen molar-refractivity contribution in [2.75, 3.05) is 11.4 Å². The molecule has 0 saturated heterocycles. The van der Waals surface area contributed by atoms with E-state index in [1.165, 1.54) is 23.1 Å². The summed E-state index contributed by atoms with van der Waals surface area (Å²) in [6, 6.07) is 4.23. The zero-order valence-corrected chi connectivity index (χ0v) is 10.7. The van der Waals surface area contributed by atoms with Gasteiger partial charge in [-0.05, 0) is 24.1 Å². The molecule has 1 aliphatic rings. The first kappa shape index (κ1) is 13.7. The predicted molar refractivity (Wildman–Crippen MR) is 70.5 cm³/mol. The van der Waals surface area contributed by atoms with Gasteiger partial charge in [-0.3, -0.25) is 14.9 Å². The molecule has 20 heavy (non-hydrogen) atoms. The van der Waals surface area contributed by atoms with Gasteiger partial charge in [-0.1, -0.05) is 0 Å². The van der Waals surface area contributed by atoms with E-state index in [-0.39, 0.29) is 24.6 Å². The first-order valence-electron chi connectivity index (χ1n) is 5.86. The molecule has 1 N–H and O–H groups in total. The Morgan fingerprint density at radius 1 is 1.55 bits per heavy atom. The minimum atomic E-state index is -1.07. The first-order valence-corrected chi connectivity index (χ1v) is 5.86. The number of carbonyl (C=O) groups excluding carboxylic acids is 1. The van der Waals surface area contributed by atoms with E-state index in [0.717, 1.165) is 6.08 Å². The average Bonchev–Trinajstić information content (AvgIpc) is 2.64. The molecule has 0 atom stereocenters. The predicted octanol–water partition coefficient (Wildman–Crippen LogP) is 1.51. The molecule has 0 aromatic heterocycles. The summed E-state index contributed by atoms with van der Waals surface area (Å²) < 4.78 is 0. The fraction of sp³-hybridized carbons (Fsp3) is 0.231. The van der Waals surface area contributed by atoms with Crippen molar-refractivity contribution in [1.29, 1.82) is 0 Å². The molecular weight excluding hydrogens is 264 g/mol. The topological polar surface area (TPSA) is 101 Å².